The molecule has 0 fully saturated rings. The molecule has 138 valence electrons. The van der Waals surface area contributed by atoms with Gasteiger partial charge in [-0.3, -0.25) is 4.79 Å². The molecule has 0 bridgehead atoms. The Balaban J connectivity index is 2.56. The van der Waals surface area contributed by atoms with Crippen LogP contribution in [0, 0.1) is 12.3 Å². The quantitative estimate of drug-likeness (QED) is 0.335. The maximum Gasteiger partial charge on any atom is 0.383 e. The third-order valence-corrected chi connectivity index (χ3v) is 3.97. The van der Waals surface area contributed by atoms with E-state index in [1.54, 1.807) is 61.5 Å². The molecule has 27 heavy (non-hydrogen) atoms. The van der Waals surface area contributed by atoms with Crippen molar-refractivity contribution in [1.82, 2.24) is 4.65 Å². The molecule has 0 aliphatic heterocycles. The lowest BCUT2D eigenvalue weighted by molar-refractivity contribution is -0.115. The van der Waals surface area contributed by atoms with E-state index >= 15 is 0 Å². The third-order valence-electron chi connectivity index (χ3n) is 3.97. The van der Waals surface area contributed by atoms with Crippen molar-refractivity contribution in [2.24, 2.45) is 0 Å². The monoisotopic (exact) mass is 363 g/mol. The smallest absolute Gasteiger partial charge is 0.326 e. The van der Waals surface area contributed by atoms with Crippen LogP contribution in [0.4, 0.5) is 11.4 Å². The molecule has 0 aromatic heterocycles. The molecule has 0 aliphatic carbocycles. The SMILES string of the molecule is C#CCO[N+](CC=C)(C(=O)c1ccccc1)c1cccc(NC(=O)CC)c1. The number of amides is 2. The van der Waals surface area contributed by atoms with Crippen molar-refractivity contribution in [3.63, 3.8) is 0 Å². The Kier molecular flexibility index (Phi) is 7.07. The molecule has 2 amide bonds. The summed E-state index contributed by atoms with van der Waals surface area (Å²) in [6, 6.07) is 15.9. The fraction of sp³-hybridized carbons (Fsp3) is 0.182. The van der Waals surface area contributed by atoms with Gasteiger partial charge in [-0.15, -0.1) is 6.42 Å². The van der Waals surface area contributed by atoms with E-state index in [-0.39, 0.29) is 25.0 Å². The number of anilines is 1. The van der Waals surface area contributed by atoms with Crippen molar-refractivity contribution in [2.45, 2.75) is 13.3 Å². The minimum absolute atomic E-state index is 0.0576. The molecule has 0 saturated carbocycles. The number of nitrogens with zero attached hydrogens (tertiary/aromatic N) is 1. The van der Waals surface area contributed by atoms with Crippen LogP contribution in [-0.2, 0) is 9.63 Å². The summed E-state index contributed by atoms with van der Waals surface area (Å²) in [4.78, 5) is 31.0. The average molecular weight is 363 g/mol. The fourth-order valence-corrected chi connectivity index (χ4v) is 2.67. The van der Waals surface area contributed by atoms with Crippen LogP contribution in [0.5, 0.6) is 0 Å². The van der Waals surface area contributed by atoms with Crippen molar-refractivity contribution in [1.29, 1.82) is 0 Å². The first kappa shape index (κ1) is 20.1. The molecule has 2 rings (SSSR count). The van der Waals surface area contributed by atoms with Crippen molar-refractivity contribution < 1.29 is 14.4 Å². The predicted octanol–water partition coefficient (Wildman–Crippen LogP) is 3.93. The molecule has 1 atom stereocenters. The Bertz CT molecular complexity index is 855. The van der Waals surface area contributed by atoms with Gasteiger partial charge < -0.3 is 5.32 Å². The van der Waals surface area contributed by atoms with Crippen LogP contribution >= 0.6 is 0 Å². The highest BCUT2D eigenvalue weighted by Crippen LogP contribution is 2.30. The largest absolute Gasteiger partial charge is 0.383 e. The van der Waals surface area contributed by atoms with Crippen molar-refractivity contribution in [2.75, 3.05) is 18.5 Å². The lowest BCUT2D eigenvalue weighted by Crippen LogP contribution is -2.54. The minimum Gasteiger partial charge on any atom is -0.326 e. The molecule has 5 nitrogen and oxygen atoms in total. The number of carbonyl (C=O) groups is 2. The third kappa shape index (κ3) is 4.70. The normalized spacial score (nSPS) is 12.4. The molecule has 0 spiro atoms. The number of hydrogen-bond donors (Lipinski definition) is 1. The van der Waals surface area contributed by atoms with Gasteiger partial charge in [-0.05, 0) is 24.3 Å². The van der Waals surface area contributed by atoms with Gasteiger partial charge in [0.2, 0.25) is 5.91 Å². The summed E-state index contributed by atoms with van der Waals surface area (Å²) in [5.74, 6) is 2.03. The molecule has 5 heteroatoms. The highest BCUT2D eigenvalue weighted by molar-refractivity contribution is 6.01. The highest BCUT2D eigenvalue weighted by Gasteiger charge is 2.42. The summed E-state index contributed by atoms with van der Waals surface area (Å²) in [5, 5.41) is 2.80. The second kappa shape index (κ2) is 9.48. The Labute approximate surface area is 159 Å². The van der Waals surface area contributed by atoms with Crippen molar-refractivity contribution in [3.05, 3.63) is 72.8 Å². The first-order chi connectivity index (χ1) is 13.1. The first-order valence-electron chi connectivity index (χ1n) is 8.64. The number of benzene rings is 2. The summed E-state index contributed by atoms with van der Waals surface area (Å²) in [7, 11) is 0. The van der Waals surface area contributed by atoms with Gasteiger partial charge in [-0.25, -0.2) is 4.79 Å². The van der Waals surface area contributed by atoms with Crippen LogP contribution in [0.15, 0.2) is 67.3 Å². The number of carbonyl (C=O) groups excluding carboxylic acids is 2. The molecule has 0 radical (unpaired) electrons. The predicted molar refractivity (Wildman–Crippen MR) is 108 cm³/mol. The zero-order valence-corrected chi connectivity index (χ0v) is 15.4. The second-order valence-corrected chi connectivity index (χ2v) is 5.81. The average Bonchev–Trinajstić information content (AvgIpc) is 2.71. The van der Waals surface area contributed by atoms with Crippen LogP contribution in [0.3, 0.4) is 0 Å². The topological polar surface area (TPSA) is 55.4 Å². The molecule has 1 unspecified atom stereocenters. The maximum absolute atomic E-state index is 13.4. The minimum atomic E-state index is -0.479. The Morgan fingerprint density at radius 1 is 1.22 bits per heavy atom. The highest BCUT2D eigenvalue weighted by atomic mass is 16.7. The summed E-state index contributed by atoms with van der Waals surface area (Å²) >= 11 is 0. The Morgan fingerprint density at radius 3 is 2.59 bits per heavy atom. The van der Waals surface area contributed by atoms with E-state index in [0.717, 1.165) is 0 Å². The van der Waals surface area contributed by atoms with E-state index in [1.165, 1.54) is 0 Å². The van der Waals surface area contributed by atoms with Gasteiger partial charge in [0.25, 0.3) is 0 Å². The summed E-state index contributed by atoms with van der Waals surface area (Å²) < 4.78 is -0.479. The number of hydrogen-bond acceptors (Lipinski definition) is 3. The summed E-state index contributed by atoms with van der Waals surface area (Å²) in [5.41, 5.74) is 1.61. The van der Waals surface area contributed by atoms with E-state index in [4.69, 9.17) is 11.3 Å². The zero-order valence-electron chi connectivity index (χ0n) is 15.4. The van der Waals surface area contributed by atoms with Crippen LogP contribution in [0.2, 0.25) is 0 Å². The van der Waals surface area contributed by atoms with Gasteiger partial charge in [-0.1, -0.05) is 48.3 Å². The Hall–Kier alpha value is -3.20. The molecular formula is C22H23N2O3+. The summed E-state index contributed by atoms with van der Waals surface area (Å²) in [6.07, 6.45) is 7.34. The van der Waals surface area contributed by atoms with E-state index in [1.807, 2.05) is 6.07 Å². The Morgan fingerprint density at radius 2 is 1.96 bits per heavy atom. The summed E-state index contributed by atoms with van der Waals surface area (Å²) in [6.45, 7) is 5.66. The fourth-order valence-electron chi connectivity index (χ4n) is 2.67. The lowest BCUT2D eigenvalue weighted by Gasteiger charge is -2.31. The van der Waals surface area contributed by atoms with Crippen LogP contribution in [0.1, 0.15) is 23.7 Å². The number of nitrogens with one attached hydrogen (secondary N) is 1. The van der Waals surface area contributed by atoms with E-state index < -0.39 is 4.65 Å². The molecular weight excluding hydrogens is 340 g/mol. The molecule has 2 aromatic carbocycles. The van der Waals surface area contributed by atoms with Crippen molar-refractivity contribution >= 4 is 23.2 Å². The van der Waals surface area contributed by atoms with E-state index in [9.17, 15) is 9.59 Å². The van der Waals surface area contributed by atoms with Gasteiger partial charge in [-0.2, -0.15) is 4.84 Å². The van der Waals surface area contributed by atoms with Gasteiger partial charge in [0, 0.05) is 24.2 Å². The van der Waals surface area contributed by atoms with Crippen LogP contribution < -0.4 is 9.96 Å². The van der Waals surface area contributed by atoms with Crippen LogP contribution in [-0.4, -0.2) is 25.0 Å². The van der Waals surface area contributed by atoms with E-state index in [0.29, 0.717) is 23.4 Å². The molecule has 0 aliphatic rings. The number of rotatable bonds is 8. The second-order valence-electron chi connectivity index (χ2n) is 5.81. The molecule has 2 aromatic rings. The lowest BCUT2D eigenvalue weighted by atomic mass is 10.1. The number of hydroxylamine groups is 2. The van der Waals surface area contributed by atoms with Crippen molar-refractivity contribution in [3.8, 4) is 12.3 Å². The first-order valence-corrected chi connectivity index (χ1v) is 8.64. The molecule has 1 N–H and O–H groups in total. The van der Waals surface area contributed by atoms with Gasteiger partial charge >= 0.3 is 5.91 Å². The number of terminal acetylenes is 1. The van der Waals surface area contributed by atoms with Crippen LogP contribution in [0.25, 0.3) is 0 Å². The number of quaternary nitrogens is 1. The van der Waals surface area contributed by atoms with Gasteiger partial charge in [0.1, 0.15) is 6.54 Å². The van der Waals surface area contributed by atoms with Gasteiger partial charge in [0.15, 0.2) is 12.3 Å². The zero-order chi connectivity index (χ0) is 19.7. The van der Waals surface area contributed by atoms with Gasteiger partial charge in [0.05, 0.1) is 5.56 Å². The van der Waals surface area contributed by atoms with E-state index in [2.05, 4.69) is 17.8 Å². The maximum atomic E-state index is 13.4. The molecule has 0 saturated heterocycles. The molecule has 0 heterocycles. The standard InChI is InChI=1S/C22H22N2O3/c1-4-15-24(27-16-5-2,22(26)18-11-8-7-9-12-18)20-14-10-13-19(17-20)23-21(25)6-3/h2,4,7-14,17H,1,6,15-16H2,3H3/p+1.